The van der Waals surface area contributed by atoms with Crippen LogP contribution in [0.15, 0.2) is 18.2 Å². The number of benzene rings is 1. The molecular formula is C12H15N2O2+. The minimum absolute atomic E-state index is 0.0767. The molecule has 0 spiro atoms. The number of ether oxygens (including phenoxy) is 1. The zero-order valence-electron chi connectivity index (χ0n) is 9.73. The predicted octanol–water partition coefficient (Wildman–Crippen LogP) is 1.46. The van der Waals surface area contributed by atoms with E-state index in [9.17, 15) is 4.79 Å². The number of hydrogen-bond acceptors (Lipinski definition) is 2. The summed E-state index contributed by atoms with van der Waals surface area (Å²) in [4.78, 5) is 13.3. The summed E-state index contributed by atoms with van der Waals surface area (Å²) in [7, 11) is 3.45. The molecule has 0 radical (unpaired) electrons. The van der Waals surface area contributed by atoms with Gasteiger partial charge in [0, 0.05) is 0 Å². The van der Waals surface area contributed by atoms with Crippen LogP contribution >= 0.6 is 0 Å². The van der Waals surface area contributed by atoms with Crippen molar-refractivity contribution in [2.24, 2.45) is 0 Å². The third-order valence-corrected chi connectivity index (χ3v) is 2.51. The minimum Gasteiger partial charge on any atom is -0.453 e. The first-order chi connectivity index (χ1) is 7.59. The van der Waals surface area contributed by atoms with Crippen molar-refractivity contribution in [1.29, 1.82) is 0 Å². The van der Waals surface area contributed by atoms with Gasteiger partial charge in [-0.25, -0.2) is 4.90 Å². The maximum atomic E-state index is 11.7. The number of nitrogens with zero attached hydrogens (tertiary/aromatic N) is 2. The minimum atomic E-state index is -0.0767. The molecule has 0 saturated heterocycles. The highest BCUT2D eigenvalue weighted by Crippen LogP contribution is 2.23. The molecule has 0 atom stereocenters. The van der Waals surface area contributed by atoms with Crippen molar-refractivity contribution >= 4 is 12.2 Å². The summed E-state index contributed by atoms with van der Waals surface area (Å²) in [5.41, 5.74) is 2.03. The van der Waals surface area contributed by atoms with Crippen LogP contribution < -0.4 is 4.74 Å². The molecule has 0 aliphatic carbocycles. The van der Waals surface area contributed by atoms with Crippen LogP contribution in [0.3, 0.4) is 0 Å². The highest BCUT2D eigenvalue weighted by molar-refractivity contribution is 5.85. The van der Waals surface area contributed by atoms with Crippen molar-refractivity contribution in [1.82, 2.24) is 4.90 Å². The van der Waals surface area contributed by atoms with E-state index in [1.54, 1.807) is 18.7 Å². The summed E-state index contributed by atoms with van der Waals surface area (Å²) in [6.07, 6.45) is 1.83. The number of carbonyl (C=O) groups is 1. The summed E-state index contributed by atoms with van der Waals surface area (Å²) < 4.78 is 7.14. The fraction of sp³-hybridized carbons (Fsp3) is 0.333. The van der Waals surface area contributed by atoms with Crippen LogP contribution in [0.1, 0.15) is 11.1 Å². The second-order valence-corrected chi connectivity index (χ2v) is 4.04. The molecule has 0 fully saturated rings. The molecule has 0 aromatic heterocycles. The highest BCUT2D eigenvalue weighted by atomic mass is 16.5. The molecule has 0 saturated carbocycles. The molecule has 0 N–H and O–H groups in total. The highest BCUT2D eigenvalue weighted by Gasteiger charge is 2.24. The Morgan fingerprint density at radius 2 is 2.19 bits per heavy atom. The van der Waals surface area contributed by atoms with Gasteiger partial charge in [0.15, 0.2) is 0 Å². The van der Waals surface area contributed by atoms with Gasteiger partial charge in [0.25, 0.3) is 0 Å². The first kappa shape index (κ1) is 10.7. The lowest BCUT2D eigenvalue weighted by molar-refractivity contribution is -0.470. The van der Waals surface area contributed by atoms with Crippen LogP contribution in [0.2, 0.25) is 0 Å². The predicted molar refractivity (Wildman–Crippen MR) is 61.2 cm³/mol. The van der Waals surface area contributed by atoms with E-state index < -0.39 is 0 Å². The number of carbonyl (C=O) groups excluding carboxylic acids is 1. The smallest absolute Gasteiger partial charge is 0.453 e. The van der Waals surface area contributed by atoms with Crippen molar-refractivity contribution < 1.29 is 14.1 Å². The van der Waals surface area contributed by atoms with Crippen LogP contribution in [0, 0.1) is 6.92 Å². The van der Waals surface area contributed by atoms with Crippen molar-refractivity contribution in [2.75, 3.05) is 20.8 Å². The van der Waals surface area contributed by atoms with E-state index >= 15 is 0 Å². The standard InChI is InChI=1S/C12H15N2O2/c1-9-5-4-6-10-7-14(8-16-11(9)10)12(15)13(2)3/h4-7H,8H2,1-3H3/q+1. The van der Waals surface area contributed by atoms with E-state index in [1.807, 2.05) is 31.3 Å². The third kappa shape index (κ3) is 1.78. The van der Waals surface area contributed by atoms with Crippen molar-refractivity contribution in [3.63, 3.8) is 0 Å². The number of amides is 2. The molecule has 2 amide bonds. The molecule has 0 bridgehead atoms. The van der Waals surface area contributed by atoms with Gasteiger partial charge in [-0.2, -0.15) is 9.37 Å². The molecule has 4 heteroatoms. The van der Waals surface area contributed by atoms with Crippen LogP contribution in [-0.2, 0) is 0 Å². The van der Waals surface area contributed by atoms with Gasteiger partial charge >= 0.3 is 6.03 Å². The molecular weight excluding hydrogens is 204 g/mol. The quantitative estimate of drug-likeness (QED) is 0.619. The topological polar surface area (TPSA) is 32.6 Å². The molecule has 2 rings (SSSR count). The lowest BCUT2D eigenvalue weighted by Gasteiger charge is -2.17. The van der Waals surface area contributed by atoms with E-state index in [1.165, 1.54) is 4.90 Å². The average Bonchev–Trinajstić information content (AvgIpc) is 2.28. The van der Waals surface area contributed by atoms with E-state index in [0.29, 0.717) is 0 Å². The second kappa shape index (κ2) is 3.96. The Kier molecular flexibility index (Phi) is 2.64. The van der Waals surface area contributed by atoms with Crippen molar-refractivity contribution in [2.45, 2.75) is 6.92 Å². The number of para-hydroxylation sites is 1. The number of urea groups is 1. The van der Waals surface area contributed by atoms with Gasteiger partial charge in [0.2, 0.25) is 6.73 Å². The van der Waals surface area contributed by atoms with E-state index in [-0.39, 0.29) is 12.8 Å². The van der Waals surface area contributed by atoms with Gasteiger partial charge in [-0.05, 0) is 18.6 Å². The maximum absolute atomic E-state index is 11.7. The fourth-order valence-electron chi connectivity index (χ4n) is 1.68. The van der Waals surface area contributed by atoms with Gasteiger partial charge in [0.05, 0.1) is 19.7 Å². The molecule has 16 heavy (non-hydrogen) atoms. The second-order valence-electron chi connectivity index (χ2n) is 4.04. The van der Waals surface area contributed by atoms with Gasteiger partial charge < -0.3 is 4.74 Å². The number of aryl methyl sites for hydroxylation is 1. The largest absolute Gasteiger partial charge is 0.495 e. The third-order valence-electron chi connectivity index (χ3n) is 2.51. The van der Waals surface area contributed by atoms with Crippen molar-refractivity contribution in [3.8, 4) is 5.75 Å². The maximum Gasteiger partial charge on any atom is 0.495 e. The Hall–Kier alpha value is -1.84. The molecule has 4 nitrogen and oxygen atoms in total. The number of fused-ring (bicyclic) bond motifs is 1. The molecule has 1 aromatic carbocycles. The summed E-state index contributed by atoms with van der Waals surface area (Å²) in [6, 6.07) is 5.82. The van der Waals surface area contributed by atoms with Crippen molar-refractivity contribution in [3.05, 3.63) is 29.3 Å². The van der Waals surface area contributed by atoms with Gasteiger partial charge in [-0.15, -0.1) is 0 Å². The average molecular weight is 219 g/mol. The lowest BCUT2D eigenvalue weighted by Crippen LogP contribution is -2.37. The summed E-state index contributed by atoms with van der Waals surface area (Å²) in [6.45, 7) is 2.27. The first-order valence-electron chi connectivity index (χ1n) is 5.15. The van der Waals surface area contributed by atoms with Crippen LogP contribution in [0.4, 0.5) is 4.79 Å². The fourth-order valence-corrected chi connectivity index (χ4v) is 1.68. The lowest BCUT2D eigenvalue weighted by atomic mass is 10.1. The van der Waals surface area contributed by atoms with Crippen LogP contribution in [0.25, 0.3) is 0 Å². The number of rotatable bonds is 0. The summed E-state index contributed by atoms with van der Waals surface area (Å²) in [5.74, 6) is 0.866. The molecule has 0 unspecified atom stereocenters. The van der Waals surface area contributed by atoms with Gasteiger partial charge in [0.1, 0.15) is 12.0 Å². The van der Waals surface area contributed by atoms with Gasteiger partial charge in [-0.1, -0.05) is 12.1 Å². The molecule has 84 valence electrons. The molecule has 1 aliphatic heterocycles. The van der Waals surface area contributed by atoms with E-state index in [2.05, 4.69) is 0 Å². The van der Waals surface area contributed by atoms with Crippen LogP contribution in [0.5, 0.6) is 5.75 Å². The normalized spacial score (nSPS) is 13.6. The first-order valence-corrected chi connectivity index (χ1v) is 5.15. The Morgan fingerprint density at radius 1 is 1.44 bits per heavy atom. The Balaban J connectivity index is 2.39. The monoisotopic (exact) mass is 219 g/mol. The number of hydrogen-bond donors (Lipinski definition) is 0. The Morgan fingerprint density at radius 3 is 2.88 bits per heavy atom. The Bertz CT molecular complexity index is 464. The zero-order valence-corrected chi connectivity index (χ0v) is 9.73. The summed E-state index contributed by atoms with van der Waals surface area (Å²) in [5, 5.41) is 0. The molecule has 1 aromatic rings. The summed E-state index contributed by atoms with van der Waals surface area (Å²) >= 11 is 0. The SMILES string of the molecule is Cc1cccc2c1OC[N+](C(=O)N(C)C)=C2. The molecule has 1 heterocycles. The van der Waals surface area contributed by atoms with E-state index in [4.69, 9.17) is 4.74 Å². The zero-order chi connectivity index (χ0) is 11.7. The van der Waals surface area contributed by atoms with Crippen LogP contribution in [-0.4, -0.2) is 42.5 Å². The van der Waals surface area contributed by atoms with Gasteiger partial charge in [-0.3, -0.25) is 0 Å². The Labute approximate surface area is 94.8 Å². The molecule has 1 aliphatic rings. The van der Waals surface area contributed by atoms with E-state index in [0.717, 1.165) is 16.9 Å².